The third-order valence-corrected chi connectivity index (χ3v) is 6.15. The standard InChI is InChI=1S/C22H12I2O3/c23-17-11-9-13-5-1-3-7-15(13)19(17)21(25)27-22(26)20-16-8-4-2-6-14(16)10-12-18(20)24/h1-12H. The molecule has 4 aromatic carbocycles. The Morgan fingerprint density at radius 2 is 1.00 bits per heavy atom. The van der Waals surface area contributed by atoms with Crippen LogP contribution in [-0.2, 0) is 4.74 Å². The van der Waals surface area contributed by atoms with Gasteiger partial charge >= 0.3 is 11.9 Å². The summed E-state index contributed by atoms with van der Waals surface area (Å²) in [5.41, 5.74) is 0.828. The van der Waals surface area contributed by atoms with Crippen molar-refractivity contribution >= 4 is 78.7 Å². The van der Waals surface area contributed by atoms with Crippen LogP contribution in [0.3, 0.4) is 0 Å². The van der Waals surface area contributed by atoms with E-state index in [1.54, 1.807) is 0 Å². The molecule has 4 rings (SSSR count). The molecule has 0 amide bonds. The highest BCUT2D eigenvalue weighted by molar-refractivity contribution is 14.1. The van der Waals surface area contributed by atoms with Gasteiger partial charge in [-0.2, -0.15) is 0 Å². The van der Waals surface area contributed by atoms with Gasteiger partial charge in [-0.3, -0.25) is 0 Å². The number of rotatable bonds is 2. The molecule has 0 aliphatic rings. The zero-order chi connectivity index (χ0) is 19.0. The molecule has 3 nitrogen and oxygen atoms in total. The number of hydrogen-bond acceptors (Lipinski definition) is 3. The summed E-state index contributed by atoms with van der Waals surface area (Å²) in [6, 6.07) is 22.7. The van der Waals surface area contributed by atoms with Gasteiger partial charge in [-0.25, -0.2) is 9.59 Å². The molecule has 0 fully saturated rings. The molecule has 0 spiro atoms. The molecule has 0 N–H and O–H groups in total. The largest absolute Gasteiger partial charge is 0.386 e. The first-order valence-corrected chi connectivity index (χ1v) is 10.3. The van der Waals surface area contributed by atoms with Crippen LogP contribution in [0.25, 0.3) is 21.5 Å². The van der Waals surface area contributed by atoms with Crippen LogP contribution in [0.2, 0.25) is 0 Å². The van der Waals surface area contributed by atoms with Crippen molar-refractivity contribution in [1.82, 2.24) is 0 Å². The minimum absolute atomic E-state index is 0.414. The number of halogens is 2. The van der Waals surface area contributed by atoms with E-state index in [1.807, 2.05) is 72.8 Å². The Balaban J connectivity index is 1.76. The van der Waals surface area contributed by atoms with Gasteiger partial charge < -0.3 is 4.74 Å². The number of benzene rings is 4. The van der Waals surface area contributed by atoms with Crippen molar-refractivity contribution in [3.63, 3.8) is 0 Å². The molecule has 4 aromatic rings. The van der Waals surface area contributed by atoms with Gasteiger partial charge in [-0.05, 0) is 78.9 Å². The number of hydrogen-bond donors (Lipinski definition) is 0. The van der Waals surface area contributed by atoms with Gasteiger partial charge in [-0.1, -0.05) is 60.7 Å². The molecule has 0 aromatic heterocycles. The molecular weight excluding hydrogens is 566 g/mol. The van der Waals surface area contributed by atoms with E-state index in [-0.39, 0.29) is 0 Å². The van der Waals surface area contributed by atoms with E-state index < -0.39 is 11.9 Å². The van der Waals surface area contributed by atoms with Gasteiger partial charge in [0.25, 0.3) is 0 Å². The fourth-order valence-corrected chi connectivity index (χ4v) is 4.47. The number of carbonyl (C=O) groups excluding carboxylic acids is 2. The average Bonchev–Trinajstić information content (AvgIpc) is 2.67. The van der Waals surface area contributed by atoms with Crippen LogP contribution in [0.5, 0.6) is 0 Å². The molecule has 0 bridgehead atoms. The number of ether oxygens (including phenoxy) is 1. The molecule has 0 saturated heterocycles. The lowest BCUT2D eigenvalue weighted by Gasteiger charge is -2.11. The van der Waals surface area contributed by atoms with Gasteiger partial charge in [0.15, 0.2) is 0 Å². The third-order valence-electron chi connectivity index (χ3n) is 4.35. The summed E-state index contributed by atoms with van der Waals surface area (Å²) in [4.78, 5) is 25.7. The molecule has 0 atom stereocenters. The first-order chi connectivity index (χ1) is 13.1. The second-order valence-electron chi connectivity index (χ2n) is 5.96. The van der Waals surface area contributed by atoms with Gasteiger partial charge in [0.2, 0.25) is 0 Å². The van der Waals surface area contributed by atoms with Crippen LogP contribution in [0.4, 0.5) is 0 Å². The summed E-state index contributed by atoms with van der Waals surface area (Å²) >= 11 is 4.18. The lowest BCUT2D eigenvalue weighted by Crippen LogP contribution is -2.15. The number of fused-ring (bicyclic) bond motifs is 2. The Labute approximate surface area is 183 Å². The summed E-state index contributed by atoms with van der Waals surface area (Å²) in [6.45, 7) is 0. The van der Waals surface area contributed by atoms with Crippen molar-refractivity contribution in [3.05, 3.63) is 91.1 Å². The Bertz CT molecular complexity index is 1120. The van der Waals surface area contributed by atoms with E-state index in [0.29, 0.717) is 11.1 Å². The Morgan fingerprint density at radius 3 is 1.44 bits per heavy atom. The monoisotopic (exact) mass is 578 g/mol. The van der Waals surface area contributed by atoms with Crippen molar-refractivity contribution in [2.75, 3.05) is 0 Å². The normalized spacial score (nSPS) is 10.9. The first kappa shape index (κ1) is 18.4. The maximum atomic E-state index is 12.9. The minimum Gasteiger partial charge on any atom is -0.386 e. The SMILES string of the molecule is O=C(OC(=O)c1c(I)ccc2ccccc12)c1c(I)ccc2ccccc12. The van der Waals surface area contributed by atoms with Gasteiger partial charge in [0.05, 0.1) is 11.1 Å². The average molecular weight is 578 g/mol. The fourth-order valence-electron chi connectivity index (χ4n) is 3.09. The van der Waals surface area contributed by atoms with Crippen molar-refractivity contribution in [2.24, 2.45) is 0 Å². The highest BCUT2D eigenvalue weighted by Crippen LogP contribution is 2.27. The summed E-state index contributed by atoms with van der Waals surface area (Å²) in [5.74, 6) is -1.27. The summed E-state index contributed by atoms with van der Waals surface area (Å²) in [6.07, 6.45) is 0. The molecule has 0 unspecified atom stereocenters. The fraction of sp³-hybridized carbons (Fsp3) is 0. The lowest BCUT2D eigenvalue weighted by atomic mass is 10.0. The van der Waals surface area contributed by atoms with E-state index in [9.17, 15) is 9.59 Å². The Morgan fingerprint density at radius 1 is 0.593 bits per heavy atom. The topological polar surface area (TPSA) is 43.4 Å². The zero-order valence-corrected chi connectivity index (χ0v) is 18.2. The maximum Gasteiger partial charge on any atom is 0.347 e. The quantitative estimate of drug-likeness (QED) is 0.162. The van der Waals surface area contributed by atoms with Crippen molar-refractivity contribution in [1.29, 1.82) is 0 Å². The smallest absolute Gasteiger partial charge is 0.347 e. The van der Waals surface area contributed by atoms with Crippen LogP contribution < -0.4 is 0 Å². The Hall–Kier alpha value is -2.00. The van der Waals surface area contributed by atoms with E-state index in [0.717, 1.165) is 28.7 Å². The molecule has 132 valence electrons. The van der Waals surface area contributed by atoms with Gasteiger partial charge in [0, 0.05) is 7.14 Å². The van der Waals surface area contributed by atoms with Crippen molar-refractivity contribution in [2.45, 2.75) is 0 Å². The zero-order valence-electron chi connectivity index (χ0n) is 13.9. The molecule has 0 heterocycles. The number of esters is 2. The first-order valence-electron chi connectivity index (χ1n) is 8.17. The molecule has 5 heteroatoms. The van der Waals surface area contributed by atoms with Crippen LogP contribution in [0, 0.1) is 7.14 Å². The van der Waals surface area contributed by atoms with Crippen molar-refractivity contribution in [3.8, 4) is 0 Å². The van der Waals surface area contributed by atoms with E-state index >= 15 is 0 Å². The summed E-state index contributed by atoms with van der Waals surface area (Å²) in [7, 11) is 0. The van der Waals surface area contributed by atoms with E-state index in [1.165, 1.54) is 0 Å². The minimum atomic E-state index is -0.634. The molecule has 0 radical (unpaired) electrons. The van der Waals surface area contributed by atoms with E-state index in [4.69, 9.17) is 4.74 Å². The van der Waals surface area contributed by atoms with E-state index in [2.05, 4.69) is 45.2 Å². The van der Waals surface area contributed by atoms with Crippen LogP contribution in [-0.4, -0.2) is 11.9 Å². The van der Waals surface area contributed by atoms with Gasteiger partial charge in [-0.15, -0.1) is 0 Å². The Kier molecular flexibility index (Phi) is 5.14. The van der Waals surface area contributed by atoms with Gasteiger partial charge in [0.1, 0.15) is 0 Å². The molecule has 0 aliphatic carbocycles. The molecule has 0 aliphatic heterocycles. The highest BCUT2D eigenvalue weighted by atomic mass is 127. The summed E-state index contributed by atoms with van der Waals surface area (Å²) < 4.78 is 6.81. The number of carbonyl (C=O) groups is 2. The highest BCUT2D eigenvalue weighted by Gasteiger charge is 2.22. The van der Waals surface area contributed by atoms with Crippen LogP contribution in [0.15, 0.2) is 72.8 Å². The maximum absolute atomic E-state index is 12.9. The van der Waals surface area contributed by atoms with Crippen molar-refractivity contribution < 1.29 is 14.3 Å². The molecular formula is C22H12I2O3. The second kappa shape index (κ2) is 7.55. The molecule has 27 heavy (non-hydrogen) atoms. The molecule has 0 saturated carbocycles. The predicted octanol–water partition coefficient (Wildman–Crippen LogP) is 6.20. The second-order valence-corrected chi connectivity index (χ2v) is 8.29. The van der Waals surface area contributed by atoms with Crippen LogP contribution >= 0.6 is 45.2 Å². The predicted molar refractivity (Wildman–Crippen MR) is 123 cm³/mol. The third kappa shape index (κ3) is 3.45. The van der Waals surface area contributed by atoms with Crippen LogP contribution in [0.1, 0.15) is 20.7 Å². The summed E-state index contributed by atoms with van der Waals surface area (Å²) in [5, 5.41) is 3.40. The lowest BCUT2D eigenvalue weighted by molar-refractivity contribution is 0.0399.